The van der Waals surface area contributed by atoms with Crippen LogP contribution in [-0.4, -0.2) is 21.6 Å². The monoisotopic (exact) mass is 302 g/mol. The Morgan fingerprint density at radius 1 is 1.38 bits per heavy atom. The molecule has 0 spiro atoms. The summed E-state index contributed by atoms with van der Waals surface area (Å²) in [6.07, 6.45) is 0. The molecular weight excluding hydrogens is 292 g/mol. The van der Waals surface area contributed by atoms with Crippen molar-refractivity contribution in [2.24, 2.45) is 0 Å². The van der Waals surface area contributed by atoms with Crippen molar-refractivity contribution in [1.82, 2.24) is 0 Å². The fraction of sp³-hybridized carbons (Fsp3) is 0.273. The van der Waals surface area contributed by atoms with Gasteiger partial charge in [-0.2, -0.15) is 0 Å². The first-order valence-corrected chi connectivity index (χ1v) is 7.22. The Hall–Kier alpha value is -0.650. The highest BCUT2D eigenvalue weighted by Gasteiger charge is 2.26. The number of benzene rings is 1. The Bertz CT molecular complexity index is 546. The molecule has 2 rings (SSSR count). The molecule has 1 aliphatic rings. The van der Waals surface area contributed by atoms with Crippen LogP contribution in [0.3, 0.4) is 0 Å². The van der Waals surface area contributed by atoms with Crippen molar-refractivity contribution in [2.75, 3.05) is 13.2 Å². The first kappa shape index (κ1) is 11.8. The van der Waals surface area contributed by atoms with E-state index in [2.05, 4.69) is 15.9 Å². The van der Waals surface area contributed by atoms with Gasteiger partial charge in [0.15, 0.2) is 0 Å². The van der Waals surface area contributed by atoms with Crippen molar-refractivity contribution < 1.29 is 13.2 Å². The molecular formula is C11H11BrO3S. The number of rotatable bonds is 3. The van der Waals surface area contributed by atoms with Crippen LogP contribution in [0.5, 0.6) is 0 Å². The van der Waals surface area contributed by atoms with Crippen molar-refractivity contribution in [2.45, 2.75) is 11.8 Å². The summed E-state index contributed by atoms with van der Waals surface area (Å²) in [6, 6.07) is 5.16. The maximum atomic E-state index is 11.8. The zero-order chi connectivity index (χ0) is 11.8. The van der Waals surface area contributed by atoms with Crippen LogP contribution in [-0.2, 0) is 14.6 Å². The average Bonchev–Trinajstić information content (AvgIpc) is 2.47. The van der Waals surface area contributed by atoms with Gasteiger partial charge in [-0.1, -0.05) is 15.9 Å². The first-order valence-electron chi connectivity index (χ1n) is 4.88. The van der Waals surface area contributed by atoms with Crippen molar-refractivity contribution >= 4 is 31.3 Å². The van der Waals surface area contributed by atoms with Crippen molar-refractivity contribution in [3.8, 4) is 0 Å². The van der Waals surface area contributed by atoms with E-state index in [1.54, 1.807) is 12.1 Å². The zero-order valence-corrected chi connectivity index (χ0v) is 11.1. The van der Waals surface area contributed by atoms with Crippen LogP contribution in [0.2, 0.25) is 0 Å². The predicted octanol–water partition coefficient (Wildman–Crippen LogP) is 2.61. The van der Waals surface area contributed by atoms with Crippen LogP contribution in [0.1, 0.15) is 12.5 Å². The summed E-state index contributed by atoms with van der Waals surface area (Å²) in [5, 5.41) is 1.29. The molecule has 1 aliphatic heterocycles. The molecule has 0 aliphatic carbocycles. The van der Waals surface area contributed by atoms with Gasteiger partial charge in [0.1, 0.15) is 0 Å². The Kier molecular flexibility index (Phi) is 3.19. The van der Waals surface area contributed by atoms with Gasteiger partial charge >= 0.3 is 0 Å². The smallest absolute Gasteiger partial charge is 0.200 e. The lowest BCUT2D eigenvalue weighted by Gasteiger charge is -2.04. The third kappa shape index (κ3) is 2.07. The van der Waals surface area contributed by atoms with Crippen LogP contribution >= 0.6 is 15.9 Å². The molecule has 0 fully saturated rings. The van der Waals surface area contributed by atoms with Crippen LogP contribution in [0.25, 0.3) is 5.57 Å². The topological polar surface area (TPSA) is 43.4 Å². The van der Waals surface area contributed by atoms with E-state index in [9.17, 15) is 8.42 Å². The highest BCUT2D eigenvalue weighted by molar-refractivity contribution is 9.10. The summed E-state index contributed by atoms with van der Waals surface area (Å²) in [6.45, 7) is 2.78. The van der Waals surface area contributed by atoms with Gasteiger partial charge in [0.25, 0.3) is 0 Å². The summed E-state index contributed by atoms with van der Waals surface area (Å²) >= 11 is 3.34. The van der Waals surface area contributed by atoms with Gasteiger partial charge in [-0.25, -0.2) is 8.42 Å². The number of fused-ring (bicyclic) bond motifs is 1. The van der Waals surface area contributed by atoms with E-state index in [4.69, 9.17) is 4.74 Å². The molecule has 1 aromatic rings. The molecule has 16 heavy (non-hydrogen) atoms. The van der Waals surface area contributed by atoms with Gasteiger partial charge in [0.2, 0.25) is 9.84 Å². The molecule has 0 atom stereocenters. The van der Waals surface area contributed by atoms with E-state index in [1.807, 2.05) is 13.0 Å². The molecule has 0 radical (unpaired) electrons. The SMILES string of the molecule is CCOCC1=CS(=O)(=O)c2ccc(Br)cc21. The normalized spacial score (nSPS) is 17.0. The van der Waals surface area contributed by atoms with Gasteiger partial charge in [-0.15, -0.1) is 0 Å². The van der Waals surface area contributed by atoms with E-state index in [-0.39, 0.29) is 0 Å². The summed E-state index contributed by atoms with van der Waals surface area (Å²) in [5.41, 5.74) is 1.46. The minimum Gasteiger partial charge on any atom is -0.377 e. The summed E-state index contributed by atoms with van der Waals surface area (Å²) in [4.78, 5) is 0.366. The molecule has 0 aromatic heterocycles. The van der Waals surface area contributed by atoms with Gasteiger partial charge in [0, 0.05) is 22.1 Å². The zero-order valence-electron chi connectivity index (χ0n) is 8.73. The predicted molar refractivity (Wildman–Crippen MR) is 65.8 cm³/mol. The summed E-state index contributed by atoms with van der Waals surface area (Å²) in [5.74, 6) is 0. The second-order valence-electron chi connectivity index (χ2n) is 3.47. The second kappa shape index (κ2) is 4.31. The number of halogens is 1. The highest BCUT2D eigenvalue weighted by atomic mass is 79.9. The number of hydrogen-bond donors (Lipinski definition) is 0. The Morgan fingerprint density at radius 2 is 2.12 bits per heavy atom. The molecule has 0 unspecified atom stereocenters. The maximum absolute atomic E-state index is 11.8. The van der Waals surface area contributed by atoms with Gasteiger partial charge in [0.05, 0.1) is 11.5 Å². The third-order valence-corrected chi connectivity index (χ3v) is 4.41. The van der Waals surface area contributed by atoms with E-state index in [1.165, 1.54) is 5.41 Å². The standard InChI is InChI=1S/C11H11BrO3S/c1-2-15-6-8-7-16(13,14)11-4-3-9(12)5-10(8)11/h3-5,7H,2,6H2,1H3. The minimum absolute atomic E-state index is 0.333. The Balaban J connectivity index is 2.49. The molecule has 1 aromatic carbocycles. The quantitative estimate of drug-likeness (QED) is 0.862. The molecule has 0 saturated heterocycles. The fourth-order valence-corrected chi connectivity index (χ4v) is 3.45. The second-order valence-corrected chi connectivity index (χ2v) is 6.15. The molecule has 5 heteroatoms. The van der Waals surface area contributed by atoms with Crippen LogP contribution in [0.15, 0.2) is 33.0 Å². The lowest BCUT2D eigenvalue weighted by atomic mass is 10.1. The van der Waals surface area contributed by atoms with Crippen LogP contribution in [0.4, 0.5) is 0 Å². The summed E-state index contributed by atoms with van der Waals surface area (Å²) in [7, 11) is -3.26. The van der Waals surface area contributed by atoms with E-state index < -0.39 is 9.84 Å². The van der Waals surface area contributed by atoms with Crippen molar-refractivity contribution in [3.63, 3.8) is 0 Å². The van der Waals surface area contributed by atoms with Gasteiger partial charge in [-0.05, 0) is 30.7 Å². The molecule has 0 saturated carbocycles. The molecule has 0 amide bonds. The van der Waals surface area contributed by atoms with E-state index >= 15 is 0 Å². The number of hydrogen-bond acceptors (Lipinski definition) is 3. The maximum Gasteiger partial charge on any atom is 0.200 e. The van der Waals surface area contributed by atoms with E-state index in [0.29, 0.717) is 18.1 Å². The fourth-order valence-electron chi connectivity index (χ4n) is 1.64. The molecule has 0 N–H and O–H groups in total. The number of ether oxygens (including phenoxy) is 1. The lowest BCUT2D eigenvalue weighted by Crippen LogP contribution is -1.96. The summed E-state index contributed by atoms with van der Waals surface area (Å²) < 4.78 is 29.7. The number of sulfone groups is 1. The van der Waals surface area contributed by atoms with Crippen LogP contribution < -0.4 is 0 Å². The van der Waals surface area contributed by atoms with Gasteiger partial charge in [-0.3, -0.25) is 0 Å². The highest BCUT2D eigenvalue weighted by Crippen LogP contribution is 2.35. The molecule has 0 bridgehead atoms. The first-order chi connectivity index (χ1) is 7.54. The largest absolute Gasteiger partial charge is 0.377 e. The Morgan fingerprint density at radius 3 is 2.81 bits per heavy atom. The lowest BCUT2D eigenvalue weighted by molar-refractivity contribution is 0.182. The van der Waals surface area contributed by atoms with Gasteiger partial charge < -0.3 is 4.74 Å². The van der Waals surface area contributed by atoms with Crippen molar-refractivity contribution in [1.29, 1.82) is 0 Å². The van der Waals surface area contributed by atoms with Crippen LogP contribution in [0, 0.1) is 0 Å². The minimum atomic E-state index is -3.26. The third-order valence-electron chi connectivity index (χ3n) is 2.35. The van der Waals surface area contributed by atoms with E-state index in [0.717, 1.165) is 15.6 Å². The molecule has 86 valence electrons. The Labute approximate surface area is 103 Å². The average molecular weight is 303 g/mol. The molecule has 1 heterocycles. The molecule has 3 nitrogen and oxygen atoms in total. The van der Waals surface area contributed by atoms with Crippen molar-refractivity contribution in [3.05, 3.63) is 33.6 Å².